The Labute approximate surface area is 184 Å². The number of thiazole rings is 1. The van der Waals surface area contributed by atoms with Gasteiger partial charge in [0.25, 0.3) is 5.91 Å². The first-order chi connectivity index (χ1) is 15.2. The zero-order valence-electron chi connectivity index (χ0n) is 17.2. The molecule has 1 amide bonds. The molecule has 0 aliphatic carbocycles. The van der Waals surface area contributed by atoms with Crippen molar-refractivity contribution in [2.45, 2.75) is 19.9 Å². The molecule has 4 aromatic rings. The highest BCUT2D eigenvalue weighted by Crippen LogP contribution is 2.35. The molecule has 0 radical (unpaired) electrons. The smallest absolute Gasteiger partial charge is 0.279 e. The molecule has 6 heteroatoms. The van der Waals surface area contributed by atoms with E-state index in [1.54, 1.807) is 0 Å². The number of nitrogens with zero attached hydrogens (tertiary/aromatic N) is 2. The number of hydrogen-bond acceptors (Lipinski definition) is 4. The minimum Gasteiger partial charge on any atom is -0.486 e. The molecule has 0 spiro atoms. The van der Waals surface area contributed by atoms with Gasteiger partial charge in [0.15, 0.2) is 16.3 Å². The lowest BCUT2D eigenvalue weighted by Crippen LogP contribution is -2.17. The predicted molar refractivity (Wildman–Crippen MR) is 123 cm³/mol. The van der Waals surface area contributed by atoms with Crippen LogP contribution in [0.15, 0.2) is 71.7 Å². The number of aromatic nitrogens is 1. The highest BCUT2D eigenvalue weighted by atomic mass is 32.1. The van der Waals surface area contributed by atoms with Gasteiger partial charge in [0.1, 0.15) is 13.2 Å². The lowest BCUT2D eigenvalue weighted by Gasteiger charge is -2.18. The number of rotatable bonds is 4. The van der Waals surface area contributed by atoms with Crippen LogP contribution in [0.2, 0.25) is 0 Å². The molecule has 0 N–H and O–H groups in total. The zero-order chi connectivity index (χ0) is 21.2. The Balaban J connectivity index is 1.52. The number of fused-ring (bicyclic) bond motifs is 2. The van der Waals surface area contributed by atoms with E-state index in [0.29, 0.717) is 23.6 Å². The van der Waals surface area contributed by atoms with E-state index in [-0.39, 0.29) is 5.91 Å². The standard InChI is InChI=1S/C25H22N2O3S/c1-2-12-27-20-15-21-22(30-14-13-29-21)16-23(20)31-25(27)26-24(28)19-10-8-18(9-11-19)17-6-4-3-5-7-17/h3-11,15-16H,2,12-14H2,1H3. The Morgan fingerprint density at radius 3 is 2.35 bits per heavy atom. The average molecular weight is 431 g/mol. The van der Waals surface area contributed by atoms with E-state index in [1.165, 1.54) is 11.3 Å². The van der Waals surface area contributed by atoms with Gasteiger partial charge in [0.05, 0.1) is 10.2 Å². The van der Waals surface area contributed by atoms with Crippen molar-refractivity contribution in [2.75, 3.05) is 13.2 Å². The first-order valence-electron chi connectivity index (χ1n) is 10.4. The predicted octanol–water partition coefficient (Wildman–Crippen LogP) is 5.29. The summed E-state index contributed by atoms with van der Waals surface area (Å²) in [6.07, 6.45) is 0.938. The normalized spacial score (nSPS) is 13.5. The molecule has 0 saturated carbocycles. The molecule has 0 atom stereocenters. The monoisotopic (exact) mass is 430 g/mol. The summed E-state index contributed by atoms with van der Waals surface area (Å²) in [5, 5.41) is 0. The van der Waals surface area contributed by atoms with Crippen LogP contribution in [0.3, 0.4) is 0 Å². The molecule has 156 valence electrons. The Morgan fingerprint density at radius 1 is 0.968 bits per heavy atom. The van der Waals surface area contributed by atoms with Crippen LogP contribution in [0.4, 0.5) is 0 Å². The number of aryl methyl sites for hydroxylation is 1. The Bertz CT molecular complexity index is 1300. The van der Waals surface area contributed by atoms with Gasteiger partial charge in [-0.3, -0.25) is 4.79 Å². The van der Waals surface area contributed by atoms with Crippen molar-refractivity contribution in [3.63, 3.8) is 0 Å². The fourth-order valence-corrected chi connectivity index (χ4v) is 4.78. The summed E-state index contributed by atoms with van der Waals surface area (Å²) >= 11 is 1.50. The third-order valence-corrected chi connectivity index (χ3v) is 6.27. The number of carbonyl (C=O) groups is 1. The van der Waals surface area contributed by atoms with E-state index in [1.807, 2.05) is 54.6 Å². The molecule has 0 saturated heterocycles. The van der Waals surface area contributed by atoms with Crippen LogP contribution in [0.1, 0.15) is 23.7 Å². The molecule has 5 rings (SSSR count). The molecule has 2 heterocycles. The van der Waals surface area contributed by atoms with E-state index in [4.69, 9.17) is 9.47 Å². The summed E-state index contributed by atoms with van der Waals surface area (Å²) in [5.41, 5.74) is 3.79. The van der Waals surface area contributed by atoms with E-state index in [2.05, 4.69) is 28.6 Å². The van der Waals surface area contributed by atoms with Crippen molar-refractivity contribution in [2.24, 2.45) is 4.99 Å². The van der Waals surface area contributed by atoms with Gasteiger partial charge < -0.3 is 14.0 Å². The Hall–Kier alpha value is -3.38. The zero-order valence-corrected chi connectivity index (χ0v) is 18.0. The molecule has 31 heavy (non-hydrogen) atoms. The van der Waals surface area contributed by atoms with E-state index in [9.17, 15) is 4.79 Å². The first kappa shape index (κ1) is 19.6. The molecule has 5 nitrogen and oxygen atoms in total. The molecular weight excluding hydrogens is 408 g/mol. The van der Waals surface area contributed by atoms with Crippen molar-refractivity contribution in [3.8, 4) is 22.6 Å². The van der Waals surface area contributed by atoms with Gasteiger partial charge in [-0.05, 0) is 29.7 Å². The van der Waals surface area contributed by atoms with Gasteiger partial charge in [-0.1, -0.05) is 60.7 Å². The fraction of sp³-hybridized carbons (Fsp3) is 0.200. The van der Waals surface area contributed by atoms with Gasteiger partial charge in [-0.25, -0.2) is 0 Å². The average Bonchev–Trinajstić information content (AvgIpc) is 3.14. The molecule has 0 fully saturated rings. The first-order valence-corrected chi connectivity index (χ1v) is 11.2. The minimum atomic E-state index is -0.242. The largest absolute Gasteiger partial charge is 0.486 e. The van der Waals surface area contributed by atoms with Crippen molar-refractivity contribution >= 4 is 27.5 Å². The van der Waals surface area contributed by atoms with Crippen LogP contribution in [-0.4, -0.2) is 23.7 Å². The molecule has 0 unspecified atom stereocenters. The van der Waals surface area contributed by atoms with Gasteiger partial charge in [-0.2, -0.15) is 4.99 Å². The SMILES string of the molecule is CCCn1c(=NC(=O)c2ccc(-c3ccccc3)cc2)sc2cc3c(cc21)OCCO3. The van der Waals surface area contributed by atoms with Crippen LogP contribution in [0.25, 0.3) is 21.3 Å². The van der Waals surface area contributed by atoms with E-state index in [0.717, 1.165) is 45.8 Å². The lowest BCUT2D eigenvalue weighted by atomic mass is 10.0. The van der Waals surface area contributed by atoms with Crippen LogP contribution in [0, 0.1) is 0 Å². The summed E-state index contributed by atoms with van der Waals surface area (Å²) in [4.78, 5) is 18.1. The number of hydrogen-bond donors (Lipinski definition) is 0. The van der Waals surface area contributed by atoms with Crippen LogP contribution >= 0.6 is 11.3 Å². The van der Waals surface area contributed by atoms with Crippen molar-refractivity contribution in [3.05, 3.63) is 77.1 Å². The summed E-state index contributed by atoms with van der Waals surface area (Å²) in [6.45, 7) is 3.99. The second kappa shape index (κ2) is 8.40. The highest BCUT2D eigenvalue weighted by molar-refractivity contribution is 7.16. The quantitative estimate of drug-likeness (QED) is 0.442. The van der Waals surface area contributed by atoms with E-state index < -0.39 is 0 Å². The molecule has 3 aromatic carbocycles. The summed E-state index contributed by atoms with van der Waals surface area (Å²) in [7, 11) is 0. The number of amides is 1. The van der Waals surface area contributed by atoms with Gasteiger partial charge in [-0.15, -0.1) is 0 Å². The second-order valence-electron chi connectivity index (χ2n) is 7.36. The molecule has 1 aliphatic rings. The Kier molecular flexibility index (Phi) is 5.30. The third-order valence-electron chi connectivity index (χ3n) is 5.23. The molecule has 0 bridgehead atoms. The number of carbonyl (C=O) groups excluding carboxylic acids is 1. The van der Waals surface area contributed by atoms with Gasteiger partial charge in [0.2, 0.25) is 0 Å². The number of ether oxygens (including phenoxy) is 2. The number of benzene rings is 3. The van der Waals surface area contributed by atoms with Crippen LogP contribution in [0.5, 0.6) is 11.5 Å². The molecule has 1 aliphatic heterocycles. The Morgan fingerprint density at radius 2 is 1.65 bits per heavy atom. The second-order valence-corrected chi connectivity index (χ2v) is 8.37. The maximum atomic E-state index is 12.9. The van der Waals surface area contributed by atoms with Crippen molar-refractivity contribution in [1.82, 2.24) is 4.57 Å². The third kappa shape index (κ3) is 3.86. The maximum Gasteiger partial charge on any atom is 0.279 e. The lowest BCUT2D eigenvalue weighted by molar-refractivity contribution is 0.0998. The van der Waals surface area contributed by atoms with Gasteiger partial charge >= 0.3 is 0 Å². The summed E-state index contributed by atoms with van der Waals surface area (Å²) in [5.74, 6) is 1.25. The molecular formula is C25H22N2O3S. The molecule has 1 aromatic heterocycles. The van der Waals surface area contributed by atoms with Crippen molar-refractivity contribution in [1.29, 1.82) is 0 Å². The van der Waals surface area contributed by atoms with E-state index >= 15 is 0 Å². The van der Waals surface area contributed by atoms with Crippen LogP contribution in [-0.2, 0) is 6.54 Å². The highest BCUT2D eigenvalue weighted by Gasteiger charge is 2.17. The topological polar surface area (TPSA) is 52.8 Å². The fourth-order valence-electron chi connectivity index (χ4n) is 3.72. The summed E-state index contributed by atoms with van der Waals surface area (Å²) in [6, 6.07) is 21.7. The minimum absolute atomic E-state index is 0.242. The maximum absolute atomic E-state index is 12.9. The van der Waals surface area contributed by atoms with Crippen LogP contribution < -0.4 is 14.3 Å². The summed E-state index contributed by atoms with van der Waals surface area (Å²) < 4.78 is 14.6. The van der Waals surface area contributed by atoms with Gasteiger partial charge in [0, 0.05) is 24.2 Å². The van der Waals surface area contributed by atoms with Crippen molar-refractivity contribution < 1.29 is 14.3 Å².